The topological polar surface area (TPSA) is 50.9 Å². The number of benzene rings is 1. The van der Waals surface area contributed by atoms with Gasteiger partial charge in [-0.05, 0) is 25.1 Å². The van der Waals surface area contributed by atoms with Crippen molar-refractivity contribution in [2.75, 3.05) is 11.1 Å². The minimum Gasteiger partial charge on any atom is -0.397 e. The minimum atomic E-state index is 0.747. The summed E-state index contributed by atoms with van der Waals surface area (Å²) in [6.45, 7) is 2.78. The van der Waals surface area contributed by atoms with E-state index in [1.165, 1.54) is 4.88 Å². The molecule has 0 aliphatic heterocycles. The largest absolute Gasteiger partial charge is 0.397 e. The van der Waals surface area contributed by atoms with E-state index >= 15 is 0 Å². The van der Waals surface area contributed by atoms with Crippen molar-refractivity contribution in [1.82, 2.24) is 4.98 Å². The highest BCUT2D eigenvalue weighted by atomic mass is 79.9. The predicted octanol–water partition coefficient (Wildman–Crippen LogP) is 3.41. The fourth-order valence-corrected chi connectivity index (χ4v) is 2.46. The van der Waals surface area contributed by atoms with Gasteiger partial charge in [-0.1, -0.05) is 15.9 Å². The lowest BCUT2D eigenvalue weighted by atomic mass is 10.2. The van der Waals surface area contributed by atoms with Gasteiger partial charge in [0.05, 0.1) is 29.1 Å². The van der Waals surface area contributed by atoms with Crippen LogP contribution in [0.1, 0.15) is 10.6 Å². The minimum absolute atomic E-state index is 0.747. The normalized spacial score (nSPS) is 10.4. The first-order valence-corrected chi connectivity index (χ1v) is 6.52. The number of rotatable bonds is 3. The molecule has 0 unspecified atom stereocenters. The summed E-state index contributed by atoms with van der Waals surface area (Å²) < 4.78 is 0.990. The Kier molecular flexibility index (Phi) is 3.46. The molecule has 0 aliphatic rings. The van der Waals surface area contributed by atoms with Crippen LogP contribution in [0.3, 0.4) is 0 Å². The molecule has 0 saturated carbocycles. The maximum atomic E-state index is 5.89. The highest BCUT2D eigenvalue weighted by Crippen LogP contribution is 2.24. The number of nitrogens with one attached hydrogen (secondary N) is 1. The molecular formula is C11H12BrN3S. The number of nitrogens with zero attached hydrogens (tertiary/aromatic N) is 1. The Morgan fingerprint density at radius 2 is 2.31 bits per heavy atom. The molecule has 2 aromatic rings. The van der Waals surface area contributed by atoms with Gasteiger partial charge in [0.15, 0.2) is 0 Å². The number of hydrogen-bond donors (Lipinski definition) is 2. The summed E-state index contributed by atoms with van der Waals surface area (Å²) in [6.07, 6.45) is 0. The summed E-state index contributed by atoms with van der Waals surface area (Å²) >= 11 is 5.04. The van der Waals surface area contributed by atoms with Crippen molar-refractivity contribution in [3.05, 3.63) is 38.8 Å². The standard InChI is InChI=1S/C11H12BrN3S/c1-7-11(16-6-15-7)5-14-10-3-2-8(12)4-9(10)13/h2-4,6,14H,5,13H2,1H3. The fraction of sp³-hybridized carbons (Fsp3) is 0.182. The van der Waals surface area contributed by atoms with E-state index in [0.717, 1.165) is 28.1 Å². The first kappa shape index (κ1) is 11.4. The Balaban J connectivity index is 2.08. The summed E-state index contributed by atoms with van der Waals surface area (Å²) in [6, 6.07) is 5.83. The van der Waals surface area contributed by atoms with Crippen molar-refractivity contribution in [2.24, 2.45) is 0 Å². The van der Waals surface area contributed by atoms with E-state index in [1.54, 1.807) is 11.3 Å². The molecule has 0 aliphatic carbocycles. The van der Waals surface area contributed by atoms with Crippen molar-refractivity contribution in [3.63, 3.8) is 0 Å². The summed E-state index contributed by atoms with van der Waals surface area (Å²) in [4.78, 5) is 5.44. The van der Waals surface area contributed by atoms with Crippen molar-refractivity contribution in [1.29, 1.82) is 0 Å². The second-order valence-electron chi connectivity index (χ2n) is 3.45. The van der Waals surface area contributed by atoms with E-state index in [9.17, 15) is 0 Å². The van der Waals surface area contributed by atoms with Crippen LogP contribution in [0.15, 0.2) is 28.2 Å². The van der Waals surface area contributed by atoms with Crippen LogP contribution in [0.5, 0.6) is 0 Å². The molecule has 1 heterocycles. The molecule has 0 spiro atoms. The lowest BCUT2D eigenvalue weighted by Crippen LogP contribution is -2.02. The molecule has 0 saturated heterocycles. The van der Waals surface area contributed by atoms with Gasteiger partial charge in [0.2, 0.25) is 0 Å². The van der Waals surface area contributed by atoms with E-state index in [0.29, 0.717) is 0 Å². The molecule has 3 N–H and O–H groups in total. The Labute approximate surface area is 107 Å². The van der Waals surface area contributed by atoms with Crippen LogP contribution < -0.4 is 11.1 Å². The molecule has 0 fully saturated rings. The average molecular weight is 298 g/mol. The number of hydrogen-bond acceptors (Lipinski definition) is 4. The first-order valence-electron chi connectivity index (χ1n) is 4.84. The SMILES string of the molecule is Cc1ncsc1CNc1ccc(Br)cc1N. The van der Waals surface area contributed by atoms with E-state index < -0.39 is 0 Å². The third-order valence-electron chi connectivity index (χ3n) is 2.30. The van der Waals surface area contributed by atoms with Gasteiger partial charge in [-0.15, -0.1) is 11.3 Å². The first-order chi connectivity index (χ1) is 7.66. The summed E-state index contributed by atoms with van der Waals surface area (Å²) in [5.41, 5.74) is 10.5. The monoisotopic (exact) mass is 297 g/mol. The summed E-state index contributed by atoms with van der Waals surface area (Å²) in [5, 5.41) is 3.31. The quantitative estimate of drug-likeness (QED) is 0.854. The van der Waals surface area contributed by atoms with Crippen molar-refractivity contribution < 1.29 is 0 Å². The lowest BCUT2D eigenvalue weighted by Gasteiger charge is -2.08. The highest BCUT2D eigenvalue weighted by Gasteiger charge is 2.03. The third-order valence-corrected chi connectivity index (χ3v) is 3.73. The second kappa shape index (κ2) is 4.84. The smallest absolute Gasteiger partial charge is 0.0798 e. The Hall–Kier alpha value is -1.07. The average Bonchev–Trinajstić information content (AvgIpc) is 2.63. The van der Waals surface area contributed by atoms with E-state index in [2.05, 4.69) is 26.2 Å². The molecule has 84 valence electrons. The van der Waals surface area contributed by atoms with Gasteiger partial charge in [0.25, 0.3) is 0 Å². The van der Waals surface area contributed by atoms with Crippen LogP contribution in [0.2, 0.25) is 0 Å². The second-order valence-corrected chi connectivity index (χ2v) is 5.30. The van der Waals surface area contributed by atoms with E-state index in [1.807, 2.05) is 30.6 Å². The molecule has 2 rings (SSSR count). The Morgan fingerprint density at radius 3 is 2.94 bits per heavy atom. The Morgan fingerprint density at radius 1 is 1.50 bits per heavy atom. The van der Waals surface area contributed by atoms with E-state index in [4.69, 9.17) is 5.73 Å². The van der Waals surface area contributed by atoms with Gasteiger partial charge >= 0.3 is 0 Å². The summed E-state index contributed by atoms with van der Waals surface area (Å²) in [5.74, 6) is 0. The van der Waals surface area contributed by atoms with Crippen LogP contribution in [-0.4, -0.2) is 4.98 Å². The maximum absolute atomic E-state index is 5.89. The van der Waals surface area contributed by atoms with Gasteiger partial charge in [-0.2, -0.15) is 0 Å². The molecule has 0 atom stereocenters. The van der Waals surface area contributed by atoms with Crippen molar-refractivity contribution in [3.8, 4) is 0 Å². The number of aromatic nitrogens is 1. The molecule has 0 amide bonds. The lowest BCUT2D eigenvalue weighted by molar-refractivity contribution is 1.12. The van der Waals surface area contributed by atoms with Crippen LogP contribution >= 0.6 is 27.3 Å². The van der Waals surface area contributed by atoms with Crippen LogP contribution in [0.4, 0.5) is 11.4 Å². The molecular weight excluding hydrogens is 286 g/mol. The molecule has 0 radical (unpaired) electrons. The number of anilines is 2. The number of nitrogen functional groups attached to an aromatic ring is 1. The summed E-state index contributed by atoms with van der Waals surface area (Å²) in [7, 11) is 0. The number of thiazole rings is 1. The number of nitrogens with two attached hydrogens (primary N) is 1. The maximum Gasteiger partial charge on any atom is 0.0798 e. The van der Waals surface area contributed by atoms with Gasteiger partial charge in [0.1, 0.15) is 0 Å². The van der Waals surface area contributed by atoms with Crippen molar-refractivity contribution >= 4 is 38.6 Å². The van der Waals surface area contributed by atoms with Gasteiger partial charge in [0, 0.05) is 9.35 Å². The van der Waals surface area contributed by atoms with Gasteiger partial charge in [-0.3, -0.25) is 0 Å². The number of halogens is 1. The number of aryl methyl sites for hydroxylation is 1. The highest BCUT2D eigenvalue weighted by molar-refractivity contribution is 9.10. The molecule has 5 heteroatoms. The molecule has 16 heavy (non-hydrogen) atoms. The molecule has 0 bridgehead atoms. The van der Waals surface area contributed by atoms with Crippen LogP contribution in [0.25, 0.3) is 0 Å². The van der Waals surface area contributed by atoms with Crippen molar-refractivity contribution in [2.45, 2.75) is 13.5 Å². The van der Waals surface area contributed by atoms with E-state index in [-0.39, 0.29) is 0 Å². The Bertz CT molecular complexity index is 496. The molecule has 1 aromatic heterocycles. The zero-order chi connectivity index (χ0) is 11.5. The zero-order valence-electron chi connectivity index (χ0n) is 8.83. The van der Waals surface area contributed by atoms with Gasteiger partial charge < -0.3 is 11.1 Å². The van der Waals surface area contributed by atoms with Crippen LogP contribution in [-0.2, 0) is 6.54 Å². The predicted molar refractivity (Wildman–Crippen MR) is 72.7 cm³/mol. The molecule has 3 nitrogen and oxygen atoms in total. The molecule has 1 aromatic carbocycles. The van der Waals surface area contributed by atoms with Crippen LogP contribution in [0, 0.1) is 6.92 Å². The van der Waals surface area contributed by atoms with Gasteiger partial charge in [-0.25, -0.2) is 4.98 Å². The third kappa shape index (κ3) is 2.54. The zero-order valence-corrected chi connectivity index (χ0v) is 11.2. The fourth-order valence-electron chi connectivity index (χ4n) is 1.37.